The highest BCUT2D eigenvalue weighted by atomic mass is 35.5. The Labute approximate surface area is 107 Å². The molecule has 0 amide bonds. The molecule has 0 aliphatic carbocycles. The molecule has 1 atom stereocenters. The third-order valence-electron chi connectivity index (χ3n) is 2.15. The summed E-state index contributed by atoms with van der Waals surface area (Å²) in [6.07, 6.45) is 4.33. The van der Waals surface area contributed by atoms with Gasteiger partial charge in [-0.3, -0.25) is 4.98 Å². The molecule has 5 heteroatoms. The SMILES string of the molecule is COCCCNCC(C)Oc1cncc(Cl)c1. The quantitative estimate of drug-likeness (QED) is 0.726. The molecular formula is C12H19ClN2O2. The number of methoxy groups -OCH3 is 1. The number of nitrogens with zero attached hydrogens (tertiary/aromatic N) is 1. The van der Waals surface area contributed by atoms with Crippen molar-refractivity contribution in [2.45, 2.75) is 19.4 Å². The Morgan fingerprint density at radius 1 is 1.47 bits per heavy atom. The summed E-state index contributed by atoms with van der Waals surface area (Å²) >= 11 is 5.82. The minimum Gasteiger partial charge on any atom is -0.488 e. The molecule has 0 aromatic carbocycles. The Morgan fingerprint density at radius 2 is 2.29 bits per heavy atom. The first-order valence-corrected chi connectivity index (χ1v) is 6.07. The molecule has 17 heavy (non-hydrogen) atoms. The van der Waals surface area contributed by atoms with Crippen LogP contribution in [0.5, 0.6) is 5.75 Å². The monoisotopic (exact) mass is 258 g/mol. The van der Waals surface area contributed by atoms with Gasteiger partial charge in [-0.2, -0.15) is 0 Å². The minimum atomic E-state index is 0.0813. The van der Waals surface area contributed by atoms with Gasteiger partial charge in [-0.15, -0.1) is 0 Å². The lowest BCUT2D eigenvalue weighted by Crippen LogP contribution is -2.30. The van der Waals surface area contributed by atoms with E-state index in [1.165, 1.54) is 0 Å². The molecule has 0 aliphatic rings. The van der Waals surface area contributed by atoms with Crippen LogP contribution in [-0.2, 0) is 4.74 Å². The first kappa shape index (κ1) is 14.2. The Hall–Kier alpha value is -0.840. The van der Waals surface area contributed by atoms with E-state index < -0.39 is 0 Å². The summed E-state index contributed by atoms with van der Waals surface area (Å²) in [4.78, 5) is 3.96. The van der Waals surface area contributed by atoms with E-state index in [-0.39, 0.29) is 6.10 Å². The van der Waals surface area contributed by atoms with Crippen molar-refractivity contribution in [1.82, 2.24) is 10.3 Å². The highest BCUT2D eigenvalue weighted by molar-refractivity contribution is 6.30. The third kappa shape index (κ3) is 6.46. The Bertz CT molecular complexity index is 323. The largest absolute Gasteiger partial charge is 0.488 e. The average molecular weight is 259 g/mol. The molecule has 1 heterocycles. The van der Waals surface area contributed by atoms with Crippen molar-refractivity contribution in [2.75, 3.05) is 26.8 Å². The smallest absolute Gasteiger partial charge is 0.139 e. The Morgan fingerprint density at radius 3 is 3.00 bits per heavy atom. The van der Waals surface area contributed by atoms with Crippen molar-refractivity contribution < 1.29 is 9.47 Å². The average Bonchev–Trinajstić information content (AvgIpc) is 2.29. The predicted molar refractivity (Wildman–Crippen MR) is 68.7 cm³/mol. The standard InChI is InChI=1S/C12H19ClN2O2/c1-10(7-14-4-3-5-16-2)17-12-6-11(13)8-15-9-12/h6,8-10,14H,3-5,7H2,1-2H3. The highest BCUT2D eigenvalue weighted by Crippen LogP contribution is 2.16. The molecule has 0 spiro atoms. The maximum absolute atomic E-state index is 5.82. The van der Waals surface area contributed by atoms with Crippen LogP contribution >= 0.6 is 11.6 Å². The van der Waals surface area contributed by atoms with Gasteiger partial charge in [-0.1, -0.05) is 11.6 Å². The number of halogens is 1. The van der Waals surface area contributed by atoms with E-state index in [1.807, 2.05) is 6.92 Å². The molecule has 0 bridgehead atoms. The predicted octanol–water partition coefficient (Wildman–Crippen LogP) is 2.13. The second kappa shape index (κ2) is 8.28. The van der Waals surface area contributed by atoms with Gasteiger partial charge in [-0.05, 0) is 19.9 Å². The van der Waals surface area contributed by atoms with Crippen LogP contribution in [0.3, 0.4) is 0 Å². The van der Waals surface area contributed by atoms with Crippen LogP contribution in [0.25, 0.3) is 0 Å². The van der Waals surface area contributed by atoms with Gasteiger partial charge < -0.3 is 14.8 Å². The summed E-state index contributed by atoms with van der Waals surface area (Å²) in [5.41, 5.74) is 0. The zero-order valence-corrected chi connectivity index (χ0v) is 11.0. The fraction of sp³-hybridized carbons (Fsp3) is 0.583. The van der Waals surface area contributed by atoms with Gasteiger partial charge in [0, 0.05) is 32.5 Å². The van der Waals surface area contributed by atoms with Gasteiger partial charge in [0.05, 0.1) is 11.2 Å². The Kier molecular flexibility index (Phi) is 6.93. The fourth-order valence-corrected chi connectivity index (χ4v) is 1.54. The molecule has 0 radical (unpaired) electrons. The first-order valence-electron chi connectivity index (χ1n) is 5.69. The molecule has 1 aromatic heterocycles. The molecule has 0 fully saturated rings. The van der Waals surface area contributed by atoms with Crippen molar-refractivity contribution in [3.63, 3.8) is 0 Å². The van der Waals surface area contributed by atoms with Crippen LogP contribution in [-0.4, -0.2) is 37.9 Å². The molecule has 1 aromatic rings. The topological polar surface area (TPSA) is 43.4 Å². The summed E-state index contributed by atoms with van der Waals surface area (Å²) in [7, 11) is 1.71. The third-order valence-corrected chi connectivity index (χ3v) is 2.36. The second-order valence-electron chi connectivity index (χ2n) is 3.82. The second-order valence-corrected chi connectivity index (χ2v) is 4.25. The van der Waals surface area contributed by atoms with Gasteiger partial charge >= 0.3 is 0 Å². The van der Waals surface area contributed by atoms with E-state index in [2.05, 4.69) is 10.3 Å². The highest BCUT2D eigenvalue weighted by Gasteiger charge is 2.04. The van der Waals surface area contributed by atoms with Crippen LogP contribution in [0.15, 0.2) is 18.5 Å². The van der Waals surface area contributed by atoms with Crippen LogP contribution in [0.4, 0.5) is 0 Å². The molecule has 4 nitrogen and oxygen atoms in total. The molecular weight excluding hydrogens is 240 g/mol. The van der Waals surface area contributed by atoms with Gasteiger partial charge in [0.15, 0.2) is 0 Å². The molecule has 1 N–H and O–H groups in total. The molecule has 0 saturated carbocycles. The number of aromatic nitrogens is 1. The van der Waals surface area contributed by atoms with Crippen molar-refractivity contribution in [3.05, 3.63) is 23.5 Å². The lowest BCUT2D eigenvalue weighted by Gasteiger charge is -2.15. The molecule has 96 valence electrons. The fourth-order valence-electron chi connectivity index (χ4n) is 1.38. The van der Waals surface area contributed by atoms with Crippen molar-refractivity contribution in [2.24, 2.45) is 0 Å². The number of hydrogen-bond acceptors (Lipinski definition) is 4. The van der Waals surface area contributed by atoms with Gasteiger partial charge in [-0.25, -0.2) is 0 Å². The maximum Gasteiger partial charge on any atom is 0.139 e. The van der Waals surface area contributed by atoms with Crippen LogP contribution in [0, 0.1) is 0 Å². The van der Waals surface area contributed by atoms with Crippen LogP contribution in [0.1, 0.15) is 13.3 Å². The van der Waals surface area contributed by atoms with Crippen molar-refractivity contribution in [1.29, 1.82) is 0 Å². The van der Waals surface area contributed by atoms with E-state index in [1.54, 1.807) is 25.6 Å². The van der Waals surface area contributed by atoms with Crippen molar-refractivity contribution >= 4 is 11.6 Å². The van der Waals surface area contributed by atoms with E-state index in [0.717, 1.165) is 26.1 Å². The zero-order valence-electron chi connectivity index (χ0n) is 10.3. The van der Waals surface area contributed by atoms with E-state index >= 15 is 0 Å². The van der Waals surface area contributed by atoms with Crippen LogP contribution < -0.4 is 10.1 Å². The van der Waals surface area contributed by atoms with Gasteiger partial charge in [0.2, 0.25) is 0 Å². The molecule has 0 aliphatic heterocycles. The van der Waals surface area contributed by atoms with E-state index in [0.29, 0.717) is 10.8 Å². The summed E-state index contributed by atoms with van der Waals surface area (Å²) in [6, 6.07) is 1.76. The number of nitrogens with one attached hydrogen (secondary N) is 1. The summed E-state index contributed by atoms with van der Waals surface area (Å²) in [6.45, 7) is 4.50. The normalized spacial score (nSPS) is 12.4. The summed E-state index contributed by atoms with van der Waals surface area (Å²) in [5, 5.41) is 3.88. The lowest BCUT2D eigenvalue weighted by atomic mass is 10.3. The van der Waals surface area contributed by atoms with Gasteiger partial charge in [0.1, 0.15) is 11.9 Å². The van der Waals surface area contributed by atoms with Crippen LogP contribution in [0.2, 0.25) is 5.02 Å². The van der Waals surface area contributed by atoms with E-state index in [4.69, 9.17) is 21.1 Å². The molecule has 0 saturated heterocycles. The molecule has 1 unspecified atom stereocenters. The number of pyridine rings is 1. The van der Waals surface area contributed by atoms with E-state index in [9.17, 15) is 0 Å². The zero-order chi connectivity index (χ0) is 12.5. The lowest BCUT2D eigenvalue weighted by molar-refractivity contribution is 0.188. The summed E-state index contributed by atoms with van der Waals surface area (Å²) in [5.74, 6) is 0.698. The number of rotatable bonds is 8. The minimum absolute atomic E-state index is 0.0813. The number of ether oxygens (including phenoxy) is 2. The Balaban J connectivity index is 2.18. The first-order chi connectivity index (χ1) is 8.22. The summed E-state index contributed by atoms with van der Waals surface area (Å²) < 4.78 is 10.6. The maximum atomic E-state index is 5.82. The number of hydrogen-bond donors (Lipinski definition) is 1. The molecule has 1 rings (SSSR count). The van der Waals surface area contributed by atoms with Gasteiger partial charge in [0.25, 0.3) is 0 Å². The van der Waals surface area contributed by atoms with Crippen molar-refractivity contribution in [3.8, 4) is 5.75 Å².